The van der Waals surface area contributed by atoms with Gasteiger partial charge in [-0.25, -0.2) is 4.98 Å². The van der Waals surface area contributed by atoms with E-state index in [1.165, 1.54) is 0 Å². The lowest BCUT2D eigenvalue weighted by Crippen LogP contribution is -2.28. The van der Waals surface area contributed by atoms with Gasteiger partial charge in [-0.2, -0.15) is 0 Å². The van der Waals surface area contributed by atoms with Crippen molar-refractivity contribution in [3.63, 3.8) is 0 Å². The van der Waals surface area contributed by atoms with Crippen molar-refractivity contribution in [2.75, 3.05) is 16.8 Å². The summed E-state index contributed by atoms with van der Waals surface area (Å²) in [5, 5.41) is 3.44. The molecule has 4 rings (SSSR count). The SMILES string of the molecule is Cc1ccc(N2C[C@@H](C(=O)Nc3nc4cc(Cl)ccc4n3C)CC2=O)cc1. The molecule has 27 heavy (non-hydrogen) atoms. The zero-order chi connectivity index (χ0) is 19.1. The van der Waals surface area contributed by atoms with Gasteiger partial charge in [0, 0.05) is 30.7 Å². The summed E-state index contributed by atoms with van der Waals surface area (Å²) in [5.74, 6) is -0.223. The van der Waals surface area contributed by atoms with Gasteiger partial charge in [0.2, 0.25) is 17.8 Å². The number of aromatic nitrogens is 2. The number of fused-ring (bicyclic) bond motifs is 1. The summed E-state index contributed by atoms with van der Waals surface area (Å²) in [5.41, 5.74) is 3.53. The first-order chi connectivity index (χ1) is 12.9. The highest BCUT2D eigenvalue weighted by atomic mass is 35.5. The summed E-state index contributed by atoms with van der Waals surface area (Å²) < 4.78 is 1.80. The normalized spacial score (nSPS) is 16.9. The molecule has 1 N–H and O–H groups in total. The number of rotatable bonds is 3. The van der Waals surface area contributed by atoms with Crippen molar-refractivity contribution >= 4 is 46.1 Å². The van der Waals surface area contributed by atoms with Crippen LogP contribution in [0.1, 0.15) is 12.0 Å². The Kier molecular flexibility index (Phi) is 4.36. The molecule has 0 aliphatic carbocycles. The van der Waals surface area contributed by atoms with Crippen molar-refractivity contribution in [3.8, 4) is 0 Å². The van der Waals surface area contributed by atoms with Gasteiger partial charge in [-0.1, -0.05) is 29.3 Å². The van der Waals surface area contributed by atoms with Crippen LogP contribution in [-0.4, -0.2) is 27.9 Å². The summed E-state index contributed by atoms with van der Waals surface area (Å²) in [7, 11) is 1.83. The molecule has 6 nitrogen and oxygen atoms in total. The minimum absolute atomic E-state index is 0.0456. The molecule has 0 unspecified atom stereocenters. The van der Waals surface area contributed by atoms with Gasteiger partial charge in [-0.3, -0.25) is 14.9 Å². The van der Waals surface area contributed by atoms with Gasteiger partial charge < -0.3 is 9.47 Å². The Labute approximate surface area is 161 Å². The number of halogens is 1. The Bertz CT molecular complexity index is 1040. The molecule has 3 aromatic rings. The van der Waals surface area contributed by atoms with Crippen LogP contribution in [0.3, 0.4) is 0 Å². The Morgan fingerprint density at radius 1 is 1.22 bits per heavy atom. The molecular formula is C20H19ClN4O2. The summed E-state index contributed by atoms with van der Waals surface area (Å²) in [6.07, 6.45) is 0.190. The molecule has 1 aromatic heterocycles. The smallest absolute Gasteiger partial charge is 0.232 e. The van der Waals surface area contributed by atoms with Gasteiger partial charge >= 0.3 is 0 Å². The van der Waals surface area contributed by atoms with Crippen LogP contribution in [-0.2, 0) is 16.6 Å². The standard InChI is InChI=1S/C20H19ClN4O2/c1-12-3-6-15(7-4-12)25-11-13(9-18(25)26)19(27)23-20-22-16-10-14(21)5-8-17(16)24(20)2/h3-8,10,13H,9,11H2,1-2H3,(H,22,23,27)/t13-/m0/s1. The fraction of sp³-hybridized carbons (Fsp3) is 0.250. The zero-order valence-corrected chi connectivity index (χ0v) is 15.8. The van der Waals surface area contributed by atoms with E-state index in [4.69, 9.17) is 11.6 Å². The Balaban J connectivity index is 1.51. The van der Waals surface area contributed by atoms with E-state index in [2.05, 4.69) is 10.3 Å². The van der Waals surface area contributed by atoms with E-state index in [0.29, 0.717) is 23.0 Å². The number of hydrogen-bond donors (Lipinski definition) is 1. The lowest BCUT2D eigenvalue weighted by Gasteiger charge is -2.16. The largest absolute Gasteiger partial charge is 0.313 e. The molecule has 0 bridgehead atoms. The molecule has 1 aliphatic rings. The molecule has 2 amide bonds. The maximum absolute atomic E-state index is 12.7. The molecule has 7 heteroatoms. The van der Waals surface area contributed by atoms with Gasteiger partial charge in [-0.15, -0.1) is 0 Å². The molecule has 0 saturated carbocycles. The molecule has 1 fully saturated rings. The predicted octanol–water partition coefficient (Wildman–Crippen LogP) is 3.53. The summed E-state index contributed by atoms with van der Waals surface area (Å²) in [4.78, 5) is 31.2. The molecule has 2 heterocycles. The maximum atomic E-state index is 12.7. The lowest BCUT2D eigenvalue weighted by atomic mass is 10.1. The van der Waals surface area contributed by atoms with Crippen molar-refractivity contribution in [1.82, 2.24) is 9.55 Å². The second-order valence-corrected chi connectivity index (χ2v) is 7.29. The average Bonchev–Trinajstić information content (AvgIpc) is 3.16. The third kappa shape index (κ3) is 3.28. The lowest BCUT2D eigenvalue weighted by molar-refractivity contribution is -0.122. The number of carbonyl (C=O) groups is 2. The van der Waals surface area contributed by atoms with E-state index in [1.54, 1.807) is 21.6 Å². The van der Waals surface area contributed by atoms with Gasteiger partial charge in [0.05, 0.1) is 17.0 Å². The van der Waals surface area contributed by atoms with E-state index in [-0.39, 0.29) is 18.2 Å². The van der Waals surface area contributed by atoms with Crippen molar-refractivity contribution in [2.45, 2.75) is 13.3 Å². The molecular weight excluding hydrogens is 364 g/mol. The van der Waals surface area contributed by atoms with E-state index >= 15 is 0 Å². The fourth-order valence-electron chi connectivity index (χ4n) is 3.35. The number of anilines is 2. The third-order valence-electron chi connectivity index (χ3n) is 4.92. The number of amides is 2. The number of aryl methyl sites for hydroxylation is 2. The zero-order valence-electron chi connectivity index (χ0n) is 15.1. The highest BCUT2D eigenvalue weighted by Gasteiger charge is 2.35. The van der Waals surface area contributed by atoms with Crippen molar-refractivity contribution in [1.29, 1.82) is 0 Å². The second-order valence-electron chi connectivity index (χ2n) is 6.86. The van der Waals surface area contributed by atoms with Gasteiger partial charge in [-0.05, 0) is 37.3 Å². The van der Waals surface area contributed by atoms with Crippen LogP contribution in [0.4, 0.5) is 11.6 Å². The van der Waals surface area contributed by atoms with Crippen molar-refractivity contribution in [2.24, 2.45) is 13.0 Å². The van der Waals surface area contributed by atoms with Crippen LogP contribution in [0.5, 0.6) is 0 Å². The fourth-order valence-corrected chi connectivity index (χ4v) is 3.52. The first-order valence-corrected chi connectivity index (χ1v) is 9.10. The van der Waals surface area contributed by atoms with E-state index < -0.39 is 5.92 Å². The molecule has 0 spiro atoms. The molecule has 1 saturated heterocycles. The Morgan fingerprint density at radius 2 is 1.96 bits per heavy atom. The first kappa shape index (κ1) is 17.5. The minimum atomic E-state index is -0.415. The number of hydrogen-bond acceptors (Lipinski definition) is 3. The Morgan fingerprint density at radius 3 is 2.70 bits per heavy atom. The summed E-state index contributed by atoms with van der Waals surface area (Å²) >= 11 is 6.01. The summed E-state index contributed by atoms with van der Waals surface area (Å²) in [6.45, 7) is 2.36. The maximum Gasteiger partial charge on any atom is 0.232 e. The van der Waals surface area contributed by atoms with Crippen LogP contribution < -0.4 is 10.2 Å². The van der Waals surface area contributed by atoms with E-state index in [9.17, 15) is 9.59 Å². The number of benzene rings is 2. The minimum Gasteiger partial charge on any atom is -0.313 e. The number of carbonyl (C=O) groups excluding carboxylic acids is 2. The highest BCUT2D eigenvalue weighted by Crippen LogP contribution is 2.27. The molecule has 138 valence electrons. The van der Waals surface area contributed by atoms with Crippen molar-refractivity contribution in [3.05, 3.63) is 53.1 Å². The number of nitrogens with one attached hydrogen (secondary N) is 1. The third-order valence-corrected chi connectivity index (χ3v) is 5.15. The predicted molar refractivity (Wildman–Crippen MR) is 106 cm³/mol. The van der Waals surface area contributed by atoms with Gasteiger partial charge in [0.15, 0.2) is 0 Å². The van der Waals surface area contributed by atoms with E-state index in [1.807, 2.05) is 44.3 Å². The van der Waals surface area contributed by atoms with E-state index in [0.717, 1.165) is 16.8 Å². The van der Waals surface area contributed by atoms with Crippen LogP contribution in [0, 0.1) is 12.8 Å². The van der Waals surface area contributed by atoms with Crippen molar-refractivity contribution < 1.29 is 9.59 Å². The monoisotopic (exact) mass is 382 g/mol. The molecule has 1 atom stereocenters. The van der Waals surface area contributed by atoms with Crippen LogP contribution in [0.2, 0.25) is 5.02 Å². The number of imidazole rings is 1. The topological polar surface area (TPSA) is 67.2 Å². The highest BCUT2D eigenvalue weighted by molar-refractivity contribution is 6.31. The first-order valence-electron chi connectivity index (χ1n) is 8.72. The average molecular weight is 383 g/mol. The molecule has 1 aliphatic heterocycles. The Hall–Kier alpha value is -2.86. The van der Waals surface area contributed by atoms with Crippen LogP contribution >= 0.6 is 11.6 Å². The molecule has 0 radical (unpaired) electrons. The van der Waals surface area contributed by atoms with Crippen LogP contribution in [0.15, 0.2) is 42.5 Å². The van der Waals surface area contributed by atoms with Gasteiger partial charge in [0.25, 0.3) is 0 Å². The number of nitrogens with zero attached hydrogens (tertiary/aromatic N) is 3. The summed E-state index contributed by atoms with van der Waals surface area (Å²) in [6, 6.07) is 13.1. The molecule has 2 aromatic carbocycles. The quantitative estimate of drug-likeness (QED) is 0.753. The second kappa shape index (κ2) is 6.70. The van der Waals surface area contributed by atoms with Crippen LogP contribution in [0.25, 0.3) is 11.0 Å². The van der Waals surface area contributed by atoms with Gasteiger partial charge in [0.1, 0.15) is 0 Å².